The molecule has 3 aliphatic rings. The van der Waals surface area contributed by atoms with E-state index in [1.807, 2.05) is 11.0 Å². The Bertz CT molecular complexity index is 1110. The molecule has 182 valence electrons. The van der Waals surface area contributed by atoms with Gasteiger partial charge in [-0.3, -0.25) is 9.69 Å². The van der Waals surface area contributed by atoms with Gasteiger partial charge < -0.3 is 19.4 Å². The Hall–Kier alpha value is -3.41. The number of anilines is 2. The summed E-state index contributed by atoms with van der Waals surface area (Å²) in [6.45, 7) is 11.6. The zero-order chi connectivity index (χ0) is 24.2. The van der Waals surface area contributed by atoms with Crippen molar-refractivity contribution in [1.29, 1.82) is 5.26 Å². The number of carbonyl (C=O) groups is 1. The number of amides is 1. The highest BCUT2D eigenvalue weighted by molar-refractivity contribution is 5.87. The predicted molar refractivity (Wildman–Crippen MR) is 135 cm³/mol. The molecule has 5 rings (SSSR count). The number of piperazine rings is 1. The lowest BCUT2D eigenvalue weighted by atomic mass is 9.94. The minimum Gasteiger partial charge on any atom is -0.378 e. The number of fused-ring (bicyclic) bond motifs is 1. The number of rotatable bonds is 5. The van der Waals surface area contributed by atoms with Crippen LogP contribution in [0, 0.1) is 11.3 Å². The number of hydrogen-bond acceptors (Lipinski definition) is 7. The van der Waals surface area contributed by atoms with E-state index in [1.54, 1.807) is 0 Å². The summed E-state index contributed by atoms with van der Waals surface area (Å²) < 4.78 is 5.57. The Labute approximate surface area is 207 Å². The maximum absolute atomic E-state index is 12.1. The second-order valence-electron chi connectivity index (χ2n) is 9.27. The van der Waals surface area contributed by atoms with Crippen LogP contribution in [0.4, 0.5) is 11.6 Å². The van der Waals surface area contributed by atoms with Crippen molar-refractivity contribution < 1.29 is 9.53 Å². The molecule has 0 N–H and O–H groups in total. The van der Waals surface area contributed by atoms with Crippen molar-refractivity contribution in [1.82, 2.24) is 14.8 Å². The van der Waals surface area contributed by atoms with Crippen LogP contribution in [0.1, 0.15) is 22.3 Å². The van der Waals surface area contributed by atoms with Crippen molar-refractivity contribution in [2.75, 3.05) is 68.8 Å². The van der Waals surface area contributed by atoms with Crippen molar-refractivity contribution in [2.24, 2.45) is 0 Å². The maximum Gasteiger partial charge on any atom is 0.246 e. The van der Waals surface area contributed by atoms with E-state index in [-0.39, 0.29) is 5.91 Å². The van der Waals surface area contributed by atoms with Crippen LogP contribution in [0.2, 0.25) is 0 Å². The first-order valence-electron chi connectivity index (χ1n) is 12.4. The molecule has 2 fully saturated rings. The fraction of sp³-hybridized carbons (Fsp3) is 0.444. The van der Waals surface area contributed by atoms with Crippen molar-refractivity contribution >= 4 is 17.5 Å². The summed E-state index contributed by atoms with van der Waals surface area (Å²) in [4.78, 5) is 26.0. The third-order valence-corrected chi connectivity index (χ3v) is 7.17. The van der Waals surface area contributed by atoms with Gasteiger partial charge in [-0.2, -0.15) is 5.26 Å². The van der Waals surface area contributed by atoms with Gasteiger partial charge in [0.1, 0.15) is 17.7 Å². The average Bonchev–Trinajstić information content (AvgIpc) is 2.92. The highest BCUT2D eigenvalue weighted by Gasteiger charge is 2.31. The van der Waals surface area contributed by atoms with Gasteiger partial charge in [0.05, 0.1) is 18.8 Å². The Kier molecular flexibility index (Phi) is 6.98. The number of benzene rings is 1. The Morgan fingerprint density at radius 2 is 1.71 bits per heavy atom. The molecule has 0 unspecified atom stereocenters. The molecule has 2 saturated heterocycles. The molecule has 2 aromatic rings. The first-order chi connectivity index (χ1) is 17.2. The number of ether oxygens (including phenoxy) is 1. The molecule has 0 aliphatic carbocycles. The minimum absolute atomic E-state index is 0.0231. The van der Waals surface area contributed by atoms with Crippen LogP contribution >= 0.6 is 0 Å². The van der Waals surface area contributed by atoms with Crippen molar-refractivity contribution in [2.45, 2.75) is 19.5 Å². The highest BCUT2D eigenvalue weighted by atomic mass is 16.5. The van der Waals surface area contributed by atoms with Crippen LogP contribution in [0.5, 0.6) is 0 Å². The van der Waals surface area contributed by atoms with E-state index in [2.05, 4.69) is 51.6 Å². The fourth-order valence-electron chi connectivity index (χ4n) is 5.28. The lowest BCUT2D eigenvalue weighted by Crippen LogP contribution is -2.49. The largest absolute Gasteiger partial charge is 0.378 e. The summed E-state index contributed by atoms with van der Waals surface area (Å²) in [6.07, 6.45) is 2.24. The van der Waals surface area contributed by atoms with E-state index in [1.165, 1.54) is 17.2 Å². The summed E-state index contributed by atoms with van der Waals surface area (Å²) in [5, 5.41) is 10.3. The Balaban J connectivity index is 1.49. The third-order valence-electron chi connectivity index (χ3n) is 7.17. The summed E-state index contributed by atoms with van der Waals surface area (Å²) in [7, 11) is 0. The molecule has 1 aromatic heterocycles. The molecule has 0 bridgehead atoms. The molecular formula is C27H32N6O2. The standard InChI is InChI=1S/C27H32N6O2/c1-2-25(34)31-10-12-32(13-11-31)26-22-8-9-30(19-21-6-4-3-5-7-21)20-24(22)23(18-28)27(29-26)33-14-16-35-17-15-33/h2-7H,1,8-17,19-20H2. The molecule has 0 atom stereocenters. The zero-order valence-corrected chi connectivity index (χ0v) is 20.2. The molecule has 8 heteroatoms. The number of hydrogen-bond donors (Lipinski definition) is 0. The van der Waals surface area contributed by atoms with Crippen molar-refractivity contribution in [3.63, 3.8) is 0 Å². The van der Waals surface area contributed by atoms with Crippen LogP contribution in [0.3, 0.4) is 0 Å². The minimum atomic E-state index is -0.0231. The van der Waals surface area contributed by atoms with E-state index >= 15 is 0 Å². The maximum atomic E-state index is 12.1. The van der Waals surface area contributed by atoms with Gasteiger partial charge in [-0.05, 0) is 23.6 Å². The number of aromatic nitrogens is 1. The Morgan fingerprint density at radius 3 is 2.40 bits per heavy atom. The molecule has 8 nitrogen and oxygen atoms in total. The molecule has 4 heterocycles. The lowest BCUT2D eigenvalue weighted by molar-refractivity contribution is -0.126. The topological polar surface area (TPSA) is 75.9 Å². The van der Waals surface area contributed by atoms with Gasteiger partial charge in [-0.25, -0.2) is 4.98 Å². The van der Waals surface area contributed by atoms with Crippen LogP contribution < -0.4 is 9.80 Å². The van der Waals surface area contributed by atoms with Crippen LogP contribution in [-0.2, 0) is 29.0 Å². The van der Waals surface area contributed by atoms with E-state index in [9.17, 15) is 10.1 Å². The predicted octanol–water partition coefficient (Wildman–Crippen LogP) is 2.18. The summed E-state index contributed by atoms with van der Waals surface area (Å²) >= 11 is 0. The monoisotopic (exact) mass is 472 g/mol. The summed E-state index contributed by atoms with van der Waals surface area (Å²) in [5.41, 5.74) is 4.26. The molecule has 1 amide bonds. The van der Waals surface area contributed by atoms with E-state index in [0.717, 1.165) is 69.4 Å². The summed E-state index contributed by atoms with van der Waals surface area (Å²) in [6, 6.07) is 13.0. The molecule has 35 heavy (non-hydrogen) atoms. The molecule has 0 radical (unpaired) electrons. The molecule has 0 spiro atoms. The molecular weight excluding hydrogens is 440 g/mol. The van der Waals surface area contributed by atoms with E-state index in [0.29, 0.717) is 31.9 Å². The van der Waals surface area contributed by atoms with Crippen LogP contribution in [-0.4, -0.2) is 79.7 Å². The van der Waals surface area contributed by atoms with E-state index < -0.39 is 0 Å². The van der Waals surface area contributed by atoms with E-state index in [4.69, 9.17) is 9.72 Å². The van der Waals surface area contributed by atoms with Gasteiger partial charge in [0.2, 0.25) is 5.91 Å². The van der Waals surface area contributed by atoms with Gasteiger partial charge in [-0.15, -0.1) is 0 Å². The molecule has 3 aliphatic heterocycles. The smallest absolute Gasteiger partial charge is 0.246 e. The van der Waals surface area contributed by atoms with Crippen LogP contribution in [0.25, 0.3) is 0 Å². The number of nitriles is 1. The third kappa shape index (κ3) is 4.88. The van der Waals surface area contributed by atoms with Crippen molar-refractivity contribution in [3.8, 4) is 6.07 Å². The van der Waals surface area contributed by atoms with Gasteiger partial charge >= 0.3 is 0 Å². The first kappa shape index (κ1) is 23.3. The average molecular weight is 473 g/mol. The van der Waals surface area contributed by atoms with Gasteiger partial charge in [0, 0.05) is 64.5 Å². The van der Waals surface area contributed by atoms with Gasteiger partial charge in [0.25, 0.3) is 0 Å². The first-order valence-corrected chi connectivity index (χ1v) is 12.4. The number of pyridine rings is 1. The molecule has 0 saturated carbocycles. The normalized spacial score (nSPS) is 18.7. The molecule has 1 aromatic carbocycles. The van der Waals surface area contributed by atoms with Gasteiger partial charge in [-0.1, -0.05) is 36.9 Å². The second kappa shape index (κ2) is 10.5. The summed E-state index contributed by atoms with van der Waals surface area (Å²) in [5.74, 6) is 1.73. The Morgan fingerprint density at radius 1 is 1.00 bits per heavy atom. The van der Waals surface area contributed by atoms with Crippen molar-refractivity contribution in [3.05, 3.63) is 65.2 Å². The lowest BCUT2D eigenvalue weighted by Gasteiger charge is -2.39. The highest BCUT2D eigenvalue weighted by Crippen LogP contribution is 2.36. The number of morpholine rings is 1. The number of carbonyl (C=O) groups excluding carboxylic acids is 1. The number of nitrogens with zero attached hydrogens (tertiary/aromatic N) is 6. The zero-order valence-electron chi connectivity index (χ0n) is 20.2. The second-order valence-corrected chi connectivity index (χ2v) is 9.27. The quantitative estimate of drug-likeness (QED) is 0.618. The SMILES string of the molecule is C=CC(=O)N1CCN(c2nc(N3CCOCC3)c(C#N)c3c2CCN(Cc2ccccc2)C3)CC1. The van der Waals surface area contributed by atoms with Crippen LogP contribution in [0.15, 0.2) is 43.0 Å². The fourth-order valence-corrected chi connectivity index (χ4v) is 5.28. The van der Waals surface area contributed by atoms with Gasteiger partial charge in [0.15, 0.2) is 0 Å².